The Balaban J connectivity index is 1.72. The van der Waals surface area contributed by atoms with Gasteiger partial charge < -0.3 is 14.5 Å². The molecule has 0 unspecified atom stereocenters. The predicted molar refractivity (Wildman–Crippen MR) is 149 cm³/mol. The minimum atomic E-state index is -0.203. The average Bonchev–Trinajstić information content (AvgIpc) is 2.94. The van der Waals surface area contributed by atoms with Crippen LogP contribution in [0.1, 0.15) is 6.92 Å². The number of benzene rings is 3. The number of rotatable bonds is 7. The van der Waals surface area contributed by atoms with Crippen LogP contribution in [0, 0.1) is 0 Å². The van der Waals surface area contributed by atoms with Crippen LogP contribution >= 0.6 is 0 Å². The van der Waals surface area contributed by atoms with Crippen molar-refractivity contribution in [3.8, 4) is 22.6 Å². The topological polar surface area (TPSA) is 62.4 Å². The first-order valence-corrected chi connectivity index (χ1v) is 12.6. The molecule has 2 heterocycles. The van der Waals surface area contributed by atoms with Gasteiger partial charge in [-0.05, 0) is 62.0 Å². The molecule has 4 aromatic rings. The second-order valence-corrected chi connectivity index (χ2v) is 9.02. The predicted octanol–water partition coefficient (Wildman–Crippen LogP) is 6.07. The molecule has 0 bridgehead atoms. The van der Waals surface area contributed by atoms with Crippen molar-refractivity contribution in [1.29, 1.82) is 0 Å². The zero-order valence-electron chi connectivity index (χ0n) is 21.2. The van der Waals surface area contributed by atoms with E-state index in [1.165, 1.54) is 0 Å². The molecular formula is C30H31N5O2. The van der Waals surface area contributed by atoms with Crippen molar-refractivity contribution in [2.75, 3.05) is 44.7 Å². The third kappa shape index (κ3) is 5.47. The summed E-state index contributed by atoms with van der Waals surface area (Å²) in [5.41, 5.74) is 3.22. The van der Waals surface area contributed by atoms with E-state index in [9.17, 15) is 4.79 Å². The Bertz CT molecular complexity index is 1410. The summed E-state index contributed by atoms with van der Waals surface area (Å²) in [7, 11) is 2.13. The summed E-state index contributed by atoms with van der Waals surface area (Å²) in [5.74, 6) is 1.64. The molecule has 1 aliphatic heterocycles. The summed E-state index contributed by atoms with van der Waals surface area (Å²) in [6.45, 7) is 6.07. The minimum absolute atomic E-state index is 0.203. The Morgan fingerprint density at radius 1 is 0.811 bits per heavy atom. The highest BCUT2D eigenvalue weighted by molar-refractivity contribution is 5.79. The van der Waals surface area contributed by atoms with E-state index in [4.69, 9.17) is 4.74 Å². The van der Waals surface area contributed by atoms with Crippen LogP contribution in [-0.2, 0) is 0 Å². The van der Waals surface area contributed by atoms with Crippen molar-refractivity contribution in [2.24, 2.45) is 10.2 Å². The molecule has 5 rings (SSSR count). The number of pyridine rings is 1. The number of para-hydroxylation sites is 1. The van der Waals surface area contributed by atoms with Crippen molar-refractivity contribution in [2.45, 2.75) is 6.92 Å². The highest BCUT2D eigenvalue weighted by atomic mass is 16.5. The monoisotopic (exact) mass is 493 g/mol. The smallest absolute Gasteiger partial charge is 0.285 e. The van der Waals surface area contributed by atoms with Gasteiger partial charge in [-0.3, -0.25) is 9.36 Å². The summed E-state index contributed by atoms with van der Waals surface area (Å²) in [5, 5.41) is 8.95. The van der Waals surface area contributed by atoms with Crippen molar-refractivity contribution in [1.82, 2.24) is 9.47 Å². The number of aromatic nitrogens is 1. The van der Waals surface area contributed by atoms with Gasteiger partial charge in [-0.15, -0.1) is 5.11 Å². The second kappa shape index (κ2) is 11.2. The van der Waals surface area contributed by atoms with Gasteiger partial charge in [-0.2, -0.15) is 5.11 Å². The first-order chi connectivity index (χ1) is 18.1. The van der Waals surface area contributed by atoms with E-state index in [2.05, 4.69) is 33.1 Å². The molecular weight excluding hydrogens is 462 g/mol. The number of azo groups is 1. The number of likely N-dealkylation sites (N-methyl/N-ethyl adjacent to an activating group) is 1. The van der Waals surface area contributed by atoms with Gasteiger partial charge >= 0.3 is 0 Å². The number of hydrogen-bond acceptors (Lipinski definition) is 6. The van der Waals surface area contributed by atoms with Gasteiger partial charge in [0.1, 0.15) is 11.6 Å². The average molecular weight is 494 g/mol. The van der Waals surface area contributed by atoms with Crippen LogP contribution < -0.4 is 15.2 Å². The lowest BCUT2D eigenvalue weighted by Gasteiger charge is -2.35. The molecule has 37 heavy (non-hydrogen) atoms. The molecule has 0 spiro atoms. The summed E-state index contributed by atoms with van der Waals surface area (Å²) in [6, 6.07) is 29.1. The number of nitrogens with zero attached hydrogens (tertiary/aromatic N) is 5. The SMILES string of the molecule is CCOc1ccc(-c2cc(N3CCN(C)CC3)n(-c3ccccc3)c(=O)c2N=Nc2ccccc2)cc1. The fourth-order valence-corrected chi connectivity index (χ4v) is 4.50. The lowest BCUT2D eigenvalue weighted by atomic mass is 10.0. The molecule has 0 aliphatic carbocycles. The molecule has 3 aromatic carbocycles. The summed E-state index contributed by atoms with van der Waals surface area (Å²) < 4.78 is 7.41. The van der Waals surface area contributed by atoms with Gasteiger partial charge in [0.2, 0.25) is 0 Å². The largest absolute Gasteiger partial charge is 0.494 e. The van der Waals surface area contributed by atoms with E-state index < -0.39 is 0 Å². The van der Waals surface area contributed by atoms with E-state index >= 15 is 0 Å². The van der Waals surface area contributed by atoms with Gasteiger partial charge in [0.15, 0.2) is 5.69 Å². The van der Waals surface area contributed by atoms with Crippen LogP contribution in [0.25, 0.3) is 16.8 Å². The summed E-state index contributed by atoms with van der Waals surface area (Å²) >= 11 is 0. The number of ether oxygens (including phenoxy) is 1. The molecule has 1 saturated heterocycles. The van der Waals surface area contributed by atoms with Gasteiger partial charge in [-0.1, -0.05) is 48.5 Å². The molecule has 7 nitrogen and oxygen atoms in total. The van der Waals surface area contributed by atoms with Crippen LogP contribution in [0.15, 0.2) is 106 Å². The quantitative estimate of drug-likeness (QED) is 0.293. The minimum Gasteiger partial charge on any atom is -0.494 e. The molecule has 1 aromatic heterocycles. The summed E-state index contributed by atoms with van der Waals surface area (Å²) in [6.07, 6.45) is 0. The molecule has 7 heteroatoms. The van der Waals surface area contributed by atoms with E-state index in [1.54, 1.807) is 4.57 Å². The van der Waals surface area contributed by atoms with Crippen molar-refractivity contribution in [3.05, 3.63) is 101 Å². The number of anilines is 1. The summed E-state index contributed by atoms with van der Waals surface area (Å²) in [4.78, 5) is 18.8. The Morgan fingerprint density at radius 3 is 2.11 bits per heavy atom. The van der Waals surface area contributed by atoms with Crippen molar-refractivity contribution < 1.29 is 4.74 Å². The van der Waals surface area contributed by atoms with Crippen LogP contribution in [-0.4, -0.2) is 49.3 Å². The Kier molecular flexibility index (Phi) is 7.42. The van der Waals surface area contributed by atoms with Crippen LogP contribution in [0.2, 0.25) is 0 Å². The van der Waals surface area contributed by atoms with Gasteiger partial charge in [0.25, 0.3) is 5.56 Å². The lowest BCUT2D eigenvalue weighted by molar-refractivity contribution is 0.311. The maximum atomic E-state index is 14.2. The third-order valence-corrected chi connectivity index (χ3v) is 6.50. The van der Waals surface area contributed by atoms with Crippen molar-refractivity contribution >= 4 is 17.2 Å². The van der Waals surface area contributed by atoms with E-state index in [0.29, 0.717) is 18.0 Å². The molecule has 0 N–H and O–H groups in total. The molecule has 188 valence electrons. The Hall–Kier alpha value is -4.23. The van der Waals surface area contributed by atoms with Crippen LogP contribution in [0.3, 0.4) is 0 Å². The molecule has 0 radical (unpaired) electrons. The van der Waals surface area contributed by atoms with Gasteiger partial charge in [-0.25, -0.2) is 0 Å². The first-order valence-electron chi connectivity index (χ1n) is 12.6. The lowest BCUT2D eigenvalue weighted by Crippen LogP contribution is -2.46. The normalized spacial score (nSPS) is 14.3. The second-order valence-electron chi connectivity index (χ2n) is 9.02. The van der Waals surface area contributed by atoms with Crippen molar-refractivity contribution in [3.63, 3.8) is 0 Å². The van der Waals surface area contributed by atoms with Gasteiger partial charge in [0.05, 0.1) is 18.0 Å². The number of hydrogen-bond donors (Lipinski definition) is 0. The van der Waals surface area contributed by atoms with Crippen LogP contribution in [0.5, 0.6) is 5.75 Å². The molecule has 0 amide bonds. The maximum absolute atomic E-state index is 14.2. The van der Waals surface area contributed by atoms with E-state index in [-0.39, 0.29) is 5.56 Å². The molecule has 1 fully saturated rings. The molecule has 0 atom stereocenters. The number of piperazine rings is 1. The van der Waals surface area contributed by atoms with E-state index in [1.807, 2.05) is 91.9 Å². The van der Waals surface area contributed by atoms with Crippen LogP contribution in [0.4, 0.5) is 17.2 Å². The maximum Gasteiger partial charge on any atom is 0.285 e. The van der Waals surface area contributed by atoms with Gasteiger partial charge in [0, 0.05) is 31.7 Å². The van der Waals surface area contributed by atoms with E-state index in [0.717, 1.165) is 54.6 Å². The zero-order chi connectivity index (χ0) is 25.6. The highest BCUT2D eigenvalue weighted by Crippen LogP contribution is 2.35. The Morgan fingerprint density at radius 2 is 1.46 bits per heavy atom. The standard InChI is InChI=1S/C30H31N5O2/c1-3-37-26-16-14-23(15-17-26)27-22-28(34-20-18-33(2)19-21-34)35(25-12-8-5-9-13-25)30(36)29(27)32-31-24-10-6-4-7-11-24/h4-17,22H,3,18-21H2,1-2H3. The molecule has 0 saturated carbocycles. The molecule has 1 aliphatic rings. The fraction of sp³-hybridized carbons (Fsp3) is 0.233. The third-order valence-electron chi connectivity index (χ3n) is 6.50. The highest BCUT2D eigenvalue weighted by Gasteiger charge is 2.23. The first kappa shape index (κ1) is 24.5. The zero-order valence-corrected chi connectivity index (χ0v) is 21.2. The fourth-order valence-electron chi connectivity index (χ4n) is 4.50. The Labute approximate surface area is 217 Å².